The molecule has 0 radical (unpaired) electrons. The summed E-state index contributed by atoms with van der Waals surface area (Å²) < 4.78 is 0. The molecule has 20 heavy (non-hydrogen) atoms. The smallest absolute Gasteiger partial charge is 0.158 e. The van der Waals surface area contributed by atoms with E-state index in [0.29, 0.717) is 0 Å². The predicted octanol–water partition coefficient (Wildman–Crippen LogP) is 4.68. The van der Waals surface area contributed by atoms with E-state index < -0.39 is 0 Å². The summed E-state index contributed by atoms with van der Waals surface area (Å²) in [5.74, 6) is 0.821. The van der Waals surface area contributed by atoms with Gasteiger partial charge in [-0.05, 0) is 32.3 Å². The number of anilines is 1. The summed E-state index contributed by atoms with van der Waals surface area (Å²) >= 11 is 1.71. The van der Waals surface area contributed by atoms with E-state index in [4.69, 9.17) is 0 Å². The number of thiophene rings is 1. The van der Waals surface area contributed by atoms with Crippen molar-refractivity contribution in [1.29, 1.82) is 0 Å². The molecule has 2 aromatic heterocycles. The molecule has 0 aromatic carbocycles. The van der Waals surface area contributed by atoms with Crippen molar-refractivity contribution in [2.24, 2.45) is 5.10 Å². The van der Waals surface area contributed by atoms with Gasteiger partial charge in [0.2, 0.25) is 0 Å². The van der Waals surface area contributed by atoms with Crippen LogP contribution >= 0.6 is 11.3 Å². The lowest BCUT2D eigenvalue weighted by Gasteiger charge is -2.06. The Morgan fingerprint density at radius 3 is 2.55 bits per heavy atom. The molecule has 108 valence electrons. The standard InChI is InChI=1S/C15H22N4S/c1-5-7-12(8-6-2)18-19-14-13-10(3)11(4)20-15(13)17-9-16-14/h9H,5-8H2,1-4H3,(H,16,17,19). The monoisotopic (exact) mass is 290 g/mol. The number of nitrogens with zero attached hydrogens (tertiary/aromatic N) is 3. The molecule has 0 atom stereocenters. The van der Waals surface area contributed by atoms with Crippen molar-refractivity contribution in [3.63, 3.8) is 0 Å². The molecule has 0 saturated carbocycles. The Kier molecular flexibility index (Phi) is 5.06. The highest BCUT2D eigenvalue weighted by atomic mass is 32.1. The van der Waals surface area contributed by atoms with Crippen molar-refractivity contribution in [3.8, 4) is 0 Å². The SMILES string of the molecule is CCCC(CCC)=NNc1ncnc2sc(C)c(C)c12. The van der Waals surface area contributed by atoms with Crippen LogP contribution in [0.25, 0.3) is 10.2 Å². The van der Waals surface area contributed by atoms with E-state index in [1.165, 1.54) is 16.2 Å². The first-order chi connectivity index (χ1) is 9.67. The number of fused-ring (bicyclic) bond motifs is 1. The van der Waals surface area contributed by atoms with Gasteiger partial charge in [-0.2, -0.15) is 5.10 Å². The third-order valence-corrected chi connectivity index (χ3v) is 4.48. The Morgan fingerprint density at radius 1 is 1.20 bits per heavy atom. The fourth-order valence-corrected chi connectivity index (χ4v) is 3.21. The summed E-state index contributed by atoms with van der Waals surface area (Å²) in [5.41, 5.74) is 5.62. The Hall–Kier alpha value is -1.49. The molecule has 0 saturated heterocycles. The number of nitrogens with one attached hydrogen (secondary N) is 1. The zero-order valence-corrected chi connectivity index (χ0v) is 13.5. The molecule has 0 aliphatic heterocycles. The summed E-state index contributed by atoms with van der Waals surface area (Å²) in [6, 6.07) is 0. The first-order valence-corrected chi connectivity index (χ1v) is 8.01. The Bertz CT molecular complexity index is 608. The van der Waals surface area contributed by atoms with Gasteiger partial charge in [0, 0.05) is 10.6 Å². The number of hydrogen-bond acceptors (Lipinski definition) is 5. The summed E-state index contributed by atoms with van der Waals surface area (Å²) in [6.45, 7) is 8.60. The van der Waals surface area contributed by atoms with Crippen LogP contribution in [0.15, 0.2) is 11.4 Å². The van der Waals surface area contributed by atoms with Crippen molar-refractivity contribution >= 4 is 33.1 Å². The second-order valence-corrected chi connectivity index (χ2v) is 6.18. The zero-order chi connectivity index (χ0) is 14.5. The normalized spacial score (nSPS) is 10.8. The van der Waals surface area contributed by atoms with Crippen LogP contribution in [0.1, 0.15) is 50.0 Å². The van der Waals surface area contributed by atoms with E-state index in [-0.39, 0.29) is 0 Å². The molecule has 4 nitrogen and oxygen atoms in total. The summed E-state index contributed by atoms with van der Waals surface area (Å²) in [4.78, 5) is 11.0. The number of rotatable bonds is 6. The lowest BCUT2D eigenvalue weighted by Crippen LogP contribution is -2.03. The molecule has 0 spiro atoms. The first-order valence-electron chi connectivity index (χ1n) is 7.19. The van der Waals surface area contributed by atoms with E-state index in [2.05, 4.69) is 48.2 Å². The molecule has 0 bridgehead atoms. The average Bonchev–Trinajstić information content (AvgIpc) is 2.73. The molecule has 0 aliphatic carbocycles. The largest absolute Gasteiger partial charge is 0.261 e. The number of aryl methyl sites for hydroxylation is 2. The number of hydrogen-bond donors (Lipinski definition) is 1. The summed E-state index contributed by atoms with van der Waals surface area (Å²) in [6.07, 6.45) is 5.93. The first kappa shape index (κ1) is 14.9. The summed E-state index contributed by atoms with van der Waals surface area (Å²) in [7, 11) is 0. The van der Waals surface area contributed by atoms with Crippen LogP contribution < -0.4 is 5.43 Å². The minimum Gasteiger partial charge on any atom is -0.261 e. The fraction of sp³-hybridized carbons (Fsp3) is 0.533. The Balaban J connectivity index is 2.31. The third-order valence-electron chi connectivity index (χ3n) is 3.36. The van der Waals surface area contributed by atoms with Gasteiger partial charge in [-0.25, -0.2) is 9.97 Å². The van der Waals surface area contributed by atoms with Crippen molar-refractivity contribution in [2.75, 3.05) is 5.43 Å². The highest BCUT2D eigenvalue weighted by molar-refractivity contribution is 7.18. The van der Waals surface area contributed by atoms with Crippen LogP contribution in [0, 0.1) is 13.8 Å². The van der Waals surface area contributed by atoms with Crippen LogP contribution in [0.2, 0.25) is 0 Å². The second-order valence-electron chi connectivity index (χ2n) is 4.98. The van der Waals surface area contributed by atoms with Gasteiger partial charge in [0.25, 0.3) is 0 Å². The van der Waals surface area contributed by atoms with Crippen molar-refractivity contribution in [2.45, 2.75) is 53.4 Å². The van der Waals surface area contributed by atoms with Crippen LogP contribution in [-0.4, -0.2) is 15.7 Å². The number of aromatic nitrogens is 2. The van der Waals surface area contributed by atoms with Crippen LogP contribution in [-0.2, 0) is 0 Å². The van der Waals surface area contributed by atoms with Gasteiger partial charge in [0.05, 0.1) is 5.39 Å². The highest BCUT2D eigenvalue weighted by Gasteiger charge is 2.11. The molecular weight excluding hydrogens is 268 g/mol. The average molecular weight is 290 g/mol. The molecule has 0 amide bonds. The van der Waals surface area contributed by atoms with Crippen molar-refractivity contribution < 1.29 is 0 Å². The molecule has 1 N–H and O–H groups in total. The van der Waals surface area contributed by atoms with E-state index in [1.54, 1.807) is 17.7 Å². The van der Waals surface area contributed by atoms with E-state index in [1.807, 2.05) is 0 Å². The van der Waals surface area contributed by atoms with Crippen LogP contribution in [0.5, 0.6) is 0 Å². The molecule has 2 rings (SSSR count). The molecule has 0 unspecified atom stereocenters. The highest BCUT2D eigenvalue weighted by Crippen LogP contribution is 2.32. The molecule has 2 aromatic rings. The van der Waals surface area contributed by atoms with E-state index in [0.717, 1.165) is 41.7 Å². The molecule has 0 aliphatic rings. The van der Waals surface area contributed by atoms with Crippen LogP contribution in [0.3, 0.4) is 0 Å². The second kappa shape index (κ2) is 6.79. The molecule has 2 heterocycles. The quantitative estimate of drug-likeness (QED) is 0.621. The van der Waals surface area contributed by atoms with Gasteiger partial charge in [-0.1, -0.05) is 26.7 Å². The Labute approximate surface area is 124 Å². The number of hydrazone groups is 1. The van der Waals surface area contributed by atoms with Gasteiger partial charge in [0.15, 0.2) is 5.82 Å². The lowest BCUT2D eigenvalue weighted by molar-refractivity contribution is 0.908. The Morgan fingerprint density at radius 2 is 1.90 bits per heavy atom. The van der Waals surface area contributed by atoms with Gasteiger partial charge in [0.1, 0.15) is 11.2 Å². The van der Waals surface area contributed by atoms with E-state index in [9.17, 15) is 0 Å². The predicted molar refractivity (Wildman–Crippen MR) is 87.8 cm³/mol. The van der Waals surface area contributed by atoms with Crippen molar-refractivity contribution in [3.05, 3.63) is 16.8 Å². The minimum absolute atomic E-state index is 0.821. The van der Waals surface area contributed by atoms with Gasteiger partial charge in [-0.3, -0.25) is 5.43 Å². The maximum Gasteiger partial charge on any atom is 0.158 e. The van der Waals surface area contributed by atoms with E-state index >= 15 is 0 Å². The fourth-order valence-electron chi connectivity index (χ4n) is 2.21. The maximum absolute atomic E-state index is 4.55. The molecule has 0 fully saturated rings. The van der Waals surface area contributed by atoms with Crippen LogP contribution in [0.4, 0.5) is 5.82 Å². The molecule has 5 heteroatoms. The zero-order valence-electron chi connectivity index (χ0n) is 12.7. The minimum atomic E-state index is 0.821. The summed E-state index contributed by atoms with van der Waals surface area (Å²) in [5, 5.41) is 5.66. The maximum atomic E-state index is 4.55. The van der Waals surface area contributed by atoms with Gasteiger partial charge in [-0.15, -0.1) is 11.3 Å². The third kappa shape index (κ3) is 3.15. The topological polar surface area (TPSA) is 50.2 Å². The molecular formula is C15H22N4S. The van der Waals surface area contributed by atoms with Gasteiger partial charge < -0.3 is 0 Å². The van der Waals surface area contributed by atoms with Crippen molar-refractivity contribution in [1.82, 2.24) is 9.97 Å². The van der Waals surface area contributed by atoms with Gasteiger partial charge >= 0.3 is 0 Å². The lowest BCUT2D eigenvalue weighted by atomic mass is 10.1.